The van der Waals surface area contributed by atoms with E-state index in [1.165, 1.54) is 0 Å². The lowest BCUT2D eigenvalue weighted by atomic mass is 10.2. The van der Waals surface area contributed by atoms with Gasteiger partial charge in [-0.2, -0.15) is 0 Å². The Labute approximate surface area is 132 Å². The lowest BCUT2D eigenvalue weighted by Crippen LogP contribution is -2.30. The highest BCUT2D eigenvalue weighted by Crippen LogP contribution is 2.22. The Hall–Kier alpha value is -2.40. The Bertz CT molecular complexity index is 841. The molecular formula is C16H15ClN4O. The molecule has 0 fully saturated rings. The van der Waals surface area contributed by atoms with Crippen molar-refractivity contribution in [3.63, 3.8) is 0 Å². The SMILES string of the molecule is CC(C)NC(=O)c1ccn2c(-c3cccc(Cl)c3)nnc2c1. The number of amides is 1. The van der Waals surface area contributed by atoms with Crippen LogP contribution in [-0.4, -0.2) is 26.5 Å². The Morgan fingerprint density at radius 1 is 1.23 bits per heavy atom. The van der Waals surface area contributed by atoms with E-state index < -0.39 is 0 Å². The summed E-state index contributed by atoms with van der Waals surface area (Å²) in [5.74, 6) is 0.568. The highest BCUT2D eigenvalue weighted by Gasteiger charge is 2.12. The van der Waals surface area contributed by atoms with Gasteiger partial charge in [0.25, 0.3) is 5.91 Å². The van der Waals surface area contributed by atoms with Crippen LogP contribution in [0.1, 0.15) is 24.2 Å². The molecule has 0 unspecified atom stereocenters. The van der Waals surface area contributed by atoms with Crippen LogP contribution in [-0.2, 0) is 0 Å². The molecule has 0 atom stereocenters. The maximum atomic E-state index is 12.0. The average Bonchev–Trinajstić information content (AvgIpc) is 2.89. The summed E-state index contributed by atoms with van der Waals surface area (Å²) in [5.41, 5.74) is 2.05. The molecular weight excluding hydrogens is 300 g/mol. The number of carbonyl (C=O) groups is 1. The van der Waals surface area contributed by atoms with Gasteiger partial charge in [-0.25, -0.2) is 0 Å². The molecule has 112 valence electrons. The van der Waals surface area contributed by atoms with Crippen molar-refractivity contribution in [2.24, 2.45) is 0 Å². The van der Waals surface area contributed by atoms with Gasteiger partial charge in [-0.05, 0) is 38.1 Å². The molecule has 0 bridgehead atoms. The minimum Gasteiger partial charge on any atom is -0.350 e. The van der Waals surface area contributed by atoms with Crippen molar-refractivity contribution in [3.8, 4) is 11.4 Å². The number of aromatic nitrogens is 3. The molecule has 1 aromatic carbocycles. The Balaban J connectivity index is 2.01. The van der Waals surface area contributed by atoms with Crippen LogP contribution >= 0.6 is 11.6 Å². The summed E-state index contributed by atoms with van der Waals surface area (Å²) < 4.78 is 1.83. The molecule has 22 heavy (non-hydrogen) atoms. The van der Waals surface area contributed by atoms with E-state index in [2.05, 4.69) is 15.5 Å². The monoisotopic (exact) mass is 314 g/mol. The fourth-order valence-corrected chi connectivity index (χ4v) is 2.39. The second-order valence-electron chi connectivity index (χ2n) is 5.31. The van der Waals surface area contributed by atoms with Crippen molar-refractivity contribution in [1.82, 2.24) is 19.9 Å². The second kappa shape index (κ2) is 5.77. The van der Waals surface area contributed by atoms with E-state index >= 15 is 0 Å². The van der Waals surface area contributed by atoms with E-state index in [9.17, 15) is 4.79 Å². The van der Waals surface area contributed by atoms with Gasteiger partial charge in [-0.15, -0.1) is 10.2 Å². The molecule has 0 spiro atoms. The third-order valence-corrected chi connectivity index (χ3v) is 3.41. The standard InChI is InChI=1S/C16H15ClN4O/c1-10(2)18-16(22)12-6-7-21-14(9-12)19-20-15(21)11-4-3-5-13(17)8-11/h3-10H,1-2H3,(H,18,22). The van der Waals surface area contributed by atoms with Crippen molar-refractivity contribution >= 4 is 23.2 Å². The largest absolute Gasteiger partial charge is 0.350 e. The van der Waals surface area contributed by atoms with Crippen LogP contribution < -0.4 is 5.32 Å². The quantitative estimate of drug-likeness (QED) is 0.807. The summed E-state index contributed by atoms with van der Waals surface area (Å²) in [4.78, 5) is 12.0. The van der Waals surface area contributed by atoms with E-state index in [0.29, 0.717) is 22.1 Å². The zero-order chi connectivity index (χ0) is 15.7. The predicted octanol–water partition coefficient (Wildman–Crippen LogP) is 3.19. The van der Waals surface area contributed by atoms with Gasteiger partial charge in [-0.1, -0.05) is 23.7 Å². The van der Waals surface area contributed by atoms with E-state index in [-0.39, 0.29) is 11.9 Å². The number of nitrogens with zero attached hydrogens (tertiary/aromatic N) is 3. The summed E-state index contributed by atoms with van der Waals surface area (Å²) in [6.45, 7) is 3.84. The molecule has 1 N–H and O–H groups in total. The summed E-state index contributed by atoms with van der Waals surface area (Å²) in [6, 6.07) is 11.0. The van der Waals surface area contributed by atoms with Gasteiger partial charge in [0, 0.05) is 28.4 Å². The molecule has 5 nitrogen and oxygen atoms in total. The van der Waals surface area contributed by atoms with E-state index in [1.807, 2.05) is 42.5 Å². The molecule has 0 saturated carbocycles. The number of halogens is 1. The number of rotatable bonds is 3. The van der Waals surface area contributed by atoms with Gasteiger partial charge in [0.15, 0.2) is 11.5 Å². The first-order valence-electron chi connectivity index (χ1n) is 6.96. The molecule has 2 aromatic heterocycles. The first-order chi connectivity index (χ1) is 10.5. The van der Waals surface area contributed by atoms with Gasteiger partial charge in [0.05, 0.1) is 0 Å². The number of benzene rings is 1. The number of pyridine rings is 1. The van der Waals surface area contributed by atoms with Crippen LogP contribution in [0.5, 0.6) is 0 Å². The van der Waals surface area contributed by atoms with Crippen LogP contribution in [0.25, 0.3) is 17.0 Å². The maximum Gasteiger partial charge on any atom is 0.251 e. The van der Waals surface area contributed by atoms with Crippen LogP contribution in [0.3, 0.4) is 0 Å². The number of hydrogen-bond acceptors (Lipinski definition) is 3. The predicted molar refractivity (Wildman–Crippen MR) is 86.0 cm³/mol. The molecule has 1 amide bonds. The van der Waals surface area contributed by atoms with Crippen molar-refractivity contribution in [2.75, 3.05) is 0 Å². The first kappa shape index (κ1) is 14.5. The average molecular weight is 315 g/mol. The summed E-state index contributed by atoms with van der Waals surface area (Å²) >= 11 is 6.02. The van der Waals surface area contributed by atoms with Gasteiger partial charge in [-0.3, -0.25) is 9.20 Å². The Morgan fingerprint density at radius 3 is 2.77 bits per heavy atom. The molecule has 0 aliphatic rings. The molecule has 0 aliphatic heterocycles. The third kappa shape index (κ3) is 2.80. The summed E-state index contributed by atoms with van der Waals surface area (Å²) in [7, 11) is 0. The molecule has 2 heterocycles. The van der Waals surface area contributed by atoms with Gasteiger partial charge in [0.1, 0.15) is 0 Å². The van der Waals surface area contributed by atoms with Crippen molar-refractivity contribution in [1.29, 1.82) is 0 Å². The fraction of sp³-hybridized carbons (Fsp3) is 0.188. The van der Waals surface area contributed by atoms with Crippen LogP contribution in [0, 0.1) is 0 Å². The first-order valence-corrected chi connectivity index (χ1v) is 7.34. The summed E-state index contributed by atoms with van der Waals surface area (Å²) in [6.07, 6.45) is 1.79. The number of nitrogens with one attached hydrogen (secondary N) is 1. The number of carbonyl (C=O) groups excluding carboxylic acids is 1. The van der Waals surface area contributed by atoms with Crippen LogP contribution in [0.2, 0.25) is 5.02 Å². The second-order valence-corrected chi connectivity index (χ2v) is 5.74. The van der Waals surface area contributed by atoms with Gasteiger partial charge in [0.2, 0.25) is 0 Å². The molecule has 6 heteroatoms. The fourth-order valence-electron chi connectivity index (χ4n) is 2.20. The normalized spacial score (nSPS) is 11.1. The van der Waals surface area contributed by atoms with Gasteiger partial charge < -0.3 is 5.32 Å². The van der Waals surface area contributed by atoms with E-state index in [1.54, 1.807) is 18.3 Å². The third-order valence-electron chi connectivity index (χ3n) is 3.17. The van der Waals surface area contributed by atoms with Crippen LogP contribution in [0.15, 0.2) is 42.6 Å². The lowest BCUT2D eigenvalue weighted by molar-refractivity contribution is 0.0943. The highest BCUT2D eigenvalue weighted by atomic mass is 35.5. The maximum absolute atomic E-state index is 12.0. The molecule has 0 aliphatic carbocycles. The topological polar surface area (TPSA) is 59.3 Å². The van der Waals surface area contributed by atoms with E-state index in [4.69, 9.17) is 11.6 Å². The number of hydrogen-bond donors (Lipinski definition) is 1. The lowest BCUT2D eigenvalue weighted by Gasteiger charge is -2.08. The van der Waals surface area contributed by atoms with Crippen molar-refractivity contribution in [2.45, 2.75) is 19.9 Å². The highest BCUT2D eigenvalue weighted by molar-refractivity contribution is 6.30. The Kier molecular flexibility index (Phi) is 3.81. The van der Waals surface area contributed by atoms with Crippen molar-refractivity contribution < 1.29 is 4.79 Å². The molecule has 3 aromatic rings. The smallest absolute Gasteiger partial charge is 0.251 e. The Morgan fingerprint density at radius 2 is 2.05 bits per heavy atom. The minimum absolute atomic E-state index is 0.0867. The van der Waals surface area contributed by atoms with Crippen molar-refractivity contribution in [3.05, 3.63) is 53.2 Å². The van der Waals surface area contributed by atoms with E-state index in [0.717, 1.165) is 5.56 Å². The van der Waals surface area contributed by atoms with Crippen LogP contribution in [0.4, 0.5) is 0 Å². The zero-order valence-electron chi connectivity index (χ0n) is 12.2. The summed E-state index contributed by atoms with van der Waals surface area (Å²) in [5, 5.41) is 11.8. The molecule has 0 saturated heterocycles. The van der Waals surface area contributed by atoms with Gasteiger partial charge >= 0.3 is 0 Å². The molecule has 3 rings (SSSR count). The molecule has 0 radical (unpaired) electrons. The minimum atomic E-state index is -0.121. The zero-order valence-corrected chi connectivity index (χ0v) is 13.0. The number of fused-ring (bicyclic) bond motifs is 1.